The summed E-state index contributed by atoms with van der Waals surface area (Å²) >= 11 is 0. The van der Waals surface area contributed by atoms with Crippen molar-refractivity contribution in [2.45, 2.75) is 51.7 Å². The summed E-state index contributed by atoms with van der Waals surface area (Å²) in [5.41, 5.74) is 0. The maximum absolute atomic E-state index is 12.5. The van der Waals surface area contributed by atoms with Crippen LogP contribution in [-0.2, 0) is 9.53 Å². The van der Waals surface area contributed by atoms with Gasteiger partial charge in [0.1, 0.15) is 0 Å². The minimum absolute atomic E-state index is 0.0361. The van der Waals surface area contributed by atoms with Gasteiger partial charge >= 0.3 is 0 Å². The Labute approximate surface area is 110 Å². The Morgan fingerprint density at radius 3 is 3.11 bits per heavy atom. The van der Waals surface area contributed by atoms with E-state index >= 15 is 0 Å². The zero-order valence-corrected chi connectivity index (χ0v) is 11.7. The molecule has 0 bridgehead atoms. The number of carbonyl (C=O) groups is 1. The van der Waals surface area contributed by atoms with Gasteiger partial charge in [0.25, 0.3) is 0 Å². The maximum Gasteiger partial charge on any atom is 0.239 e. The van der Waals surface area contributed by atoms with Crippen LogP contribution in [0.1, 0.15) is 39.5 Å². The Kier molecular flexibility index (Phi) is 5.01. The van der Waals surface area contributed by atoms with Gasteiger partial charge in [-0.25, -0.2) is 0 Å². The standard InChI is InChI=1S/C14H26N2O2/c1-3-12-5-6-15-13(9-12)14(17)16-7-4-8-18-11(2)10-16/h11-13,15H,3-10H2,1-2H3. The molecule has 4 nitrogen and oxygen atoms in total. The summed E-state index contributed by atoms with van der Waals surface area (Å²) in [6, 6.07) is 0.0361. The molecule has 2 aliphatic heterocycles. The summed E-state index contributed by atoms with van der Waals surface area (Å²) in [4.78, 5) is 14.5. The topological polar surface area (TPSA) is 41.6 Å². The van der Waals surface area contributed by atoms with E-state index in [0.717, 1.165) is 39.1 Å². The van der Waals surface area contributed by atoms with Crippen molar-refractivity contribution in [3.8, 4) is 0 Å². The zero-order valence-electron chi connectivity index (χ0n) is 11.7. The highest BCUT2D eigenvalue weighted by atomic mass is 16.5. The van der Waals surface area contributed by atoms with Crippen LogP contribution in [-0.4, -0.2) is 49.2 Å². The van der Waals surface area contributed by atoms with Gasteiger partial charge in [0.2, 0.25) is 5.91 Å². The maximum atomic E-state index is 12.5. The number of hydrogen-bond donors (Lipinski definition) is 1. The van der Waals surface area contributed by atoms with Crippen molar-refractivity contribution in [1.82, 2.24) is 10.2 Å². The summed E-state index contributed by atoms with van der Waals surface area (Å²) in [6.45, 7) is 7.62. The minimum atomic E-state index is 0.0361. The molecule has 0 aliphatic carbocycles. The van der Waals surface area contributed by atoms with Gasteiger partial charge in [0, 0.05) is 19.7 Å². The van der Waals surface area contributed by atoms with E-state index < -0.39 is 0 Å². The number of nitrogens with one attached hydrogen (secondary N) is 1. The second-order valence-electron chi connectivity index (χ2n) is 5.62. The van der Waals surface area contributed by atoms with E-state index in [1.807, 2.05) is 4.90 Å². The van der Waals surface area contributed by atoms with Crippen LogP contribution in [0.25, 0.3) is 0 Å². The second-order valence-corrected chi connectivity index (χ2v) is 5.62. The van der Waals surface area contributed by atoms with E-state index in [4.69, 9.17) is 4.74 Å². The van der Waals surface area contributed by atoms with Gasteiger partial charge in [-0.05, 0) is 38.6 Å². The fraction of sp³-hybridized carbons (Fsp3) is 0.929. The summed E-state index contributed by atoms with van der Waals surface area (Å²) < 4.78 is 5.60. The predicted molar refractivity (Wildman–Crippen MR) is 71.4 cm³/mol. The van der Waals surface area contributed by atoms with Crippen LogP contribution in [0.5, 0.6) is 0 Å². The van der Waals surface area contributed by atoms with Crippen LogP contribution >= 0.6 is 0 Å². The van der Waals surface area contributed by atoms with Crippen molar-refractivity contribution in [1.29, 1.82) is 0 Å². The molecule has 1 N–H and O–H groups in total. The molecule has 2 fully saturated rings. The van der Waals surface area contributed by atoms with Gasteiger partial charge < -0.3 is 15.0 Å². The molecule has 2 rings (SSSR count). The van der Waals surface area contributed by atoms with Gasteiger partial charge in [0.05, 0.1) is 12.1 Å². The van der Waals surface area contributed by atoms with Crippen molar-refractivity contribution in [2.75, 3.05) is 26.2 Å². The normalized spacial score (nSPS) is 34.1. The third-order valence-electron chi connectivity index (χ3n) is 4.15. The van der Waals surface area contributed by atoms with E-state index in [9.17, 15) is 4.79 Å². The third-order valence-corrected chi connectivity index (χ3v) is 4.15. The van der Waals surface area contributed by atoms with Crippen molar-refractivity contribution in [2.24, 2.45) is 5.92 Å². The fourth-order valence-corrected chi connectivity index (χ4v) is 2.97. The highest BCUT2D eigenvalue weighted by Crippen LogP contribution is 2.21. The van der Waals surface area contributed by atoms with E-state index in [0.29, 0.717) is 5.92 Å². The average molecular weight is 254 g/mol. The molecule has 2 saturated heterocycles. The number of carbonyl (C=O) groups excluding carboxylic acids is 1. The first-order chi connectivity index (χ1) is 8.70. The monoisotopic (exact) mass is 254 g/mol. The Morgan fingerprint density at radius 2 is 2.33 bits per heavy atom. The van der Waals surface area contributed by atoms with Crippen LogP contribution in [0.15, 0.2) is 0 Å². The minimum Gasteiger partial charge on any atom is -0.377 e. The van der Waals surface area contributed by atoms with Crippen LogP contribution < -0.4 is 5.32 Å². The first-order valence-electron chi connectivity index (χ1n) is 7.34. The largest absolute Gasteiger partial charge is 0.377 e. The van der Waals surface area contributed by atoms with E-state index in [1.54, 1.807) is 0 Å². The molecule has 0 radical (unpaired) electrons. The Hall–Kier alpha value is -0.610. The summed E-state index contributed by atoms with van der Waals surface area (Å²) in [5, 5.41) is 3.38. The van der Waals surface area contributed by atoms with E-state index in [1.165, 1.54) is 12.8 Å². The number of rotatable bonds is 2. The highest BCUT2D eigenvalue weighted by molar-refractivity contribution is 5.82. The lowest BCUT2D eigenvalue weighted by molar-refractivity contribution is -0.135. The first-order valence-corrected chi connectivity index (χ1v) is 7.34. The Bertz CT molecular complexity index is 283. The third kappa shape index (κ3) is 3.45. The van der Waals surface area contributed by atoms with Crippen LogP contribution in [0, 0.1) is 5.92 Å². The summed E-state index contributed by atoms with van der Waals surface area (Å²) in [5.74, 6) is 0.992. The molecule has 0 aromatic rings. The van der Waals surface area contributed by atoms with Crippen molar-refractivity contribution >= 4 is 5.91 Å². The number of amides is 1. The van der Waals surface area contributed by atoms with Gasteiger partial charge in [-0.3, -0.25) is 4.79 Å². The molecule has 4 heteroatoms. The second kappa shape index (κ2) is 6.53. The summed E-state index contributed by atoms with van der Waals surface area (Å²) in [7, 11) is 0. The molecule has 0 saturated carbocycles. The fourth-order valence-electron chi connectivity index (χ4n) is 2.97. The van der Waals surface area contributed by atoms with Crippen molar-refractivity contribution in [3.63, 3.8) is 0 Å². The van der Waals surface area contributed by atoms with E-state index in [2.05, 4.69) is 19.2 Å². The molecular weight excluding hydrogens is 228 g/mol. The lowest BCUT2D eigenvalue weighted by atomic mass is 9.90. The highest BCUT2D eigenvalue weighted by Gasteiger charge is 2.30. The molecule has 2 heterocycles. The number of hydrogen-bond acceptors (Lipinski definition) is 3. The average Bonchev–Trinajstić information content (AvgIpc) is 2.62. The molecular formula is C14H26N2O2. The van der Waals surface area contributed by atoms with Gasteiger partial charge in [-0.2, -0.15) is 0 Å². The quantitative estimate of drug-likeness (QED) is 0.810. The molecule has 0 aromatic heterocycles. The molecule has 0 spiro atoms. The van der Waals surface area contributed by atoms with Gasteiger partial charge in [-0.1, -0.05) is 13.3 Å². The van der Waals surface area contributed by atoms with Gasteiger partial charge in [0.15, 0.2) is 0 Å². The number of ether oxygens (including phenoxy) is 1. The smallest absolute Gasteiger partial charge is 0.239 e. The molecule has 1 amide bonds. The van der Waals surface area contributed by atoms with Crippen molar-refractivity contribution in [3.05, 3.63) is 0 Å². The van der Waals surface area contributed by atoms with Crippen LogP contribution in [0.3, 0.4) is 0 Å². The number of nitrogens with zero attached hydrogens (tertiary/aromatic N) is 1. The van der Waals surface area contributed by atoms with E-state index in [-0.39, 0.29) is 18.1 Å². The van der Waals surface area contributed by atoms with Crippen LogP contribution in [0.2, 0.25) is 0 Å². The SMILES string of the molecule is CCC1CCNC(C(=O)N2CCCOC(C)C2)C1. The lowest BCUT2D eigenvalue weighted by Gasteiger charge is -2.33. The zero-order chi connectivity index (χ0) is 13.0. The molecule has 18 heavy (non-hydrogen) atoms. The molecule has 3 unspecified atom stereocenters. The molecule has 3 atom stereocenters. The van der Waals surface area contributed by atoms with Gasteiger partial charge in [-0.15, -0.1) is 0 Å². The predicted octanol–water partition coefficient (Wildman–Crippen LogP) is 1.40. The molecule has 104 valence electrons. The first kappa shape index (κ1) is 13.8. The number of piperidine rings is 1. The molecule has 2 aliphatic rings. The Morgan fingerprint density at radius 1 is 1.50 bits per heavy atom. The van der Waals surface area contributed by atoms with Crippen molar-refractivity contribution < 1.29 is 9.53 Å². The Balaban J connectivity index is 1.92. The summed E-state index contributed by atoms with van der Waals surface area (Å²) in [6.07, 6.45) is 4.52. The lowest BCUT2D eigenvalue weighted by Crippen LogP contribution is -2.51. The van der Waals surface area contributed by atoms with Crippen LogP contribution in [0.4, 0.5) is 0 Å². The molecule has 0 aromatic carbocycles.